The van der Waals surface area contributed by atoms with Crippen LogP contribution < -0.4 is 0 Å². The number of amides is 2. The molecule has 0 fully saturated rings. The molecule has 0 N–H and O–H groups in total. The van der Waals surface area contributed by atoms with Crippen molar-refractivity contribution in [1.29, 1.82) is 0 Å². The van der Waals surface area contributed by atoms with Gasteiger partial charge in [-0.25, -0.2) is 9.37 Å². The number of halogens is 2. The number of rotatable bonds is 5. The molecule has 1 aromatic rings. The summed E-state index contributed by atoms with van der Waals surface area (Å²) in [4.78, 5) is 30.4. The molecule has 1 heterocycles. The molecule has 1 rings (SSSR count). The topological polar surface area (TPSA) is 53.5 Å². The van der Waals surface area contributed by atoms with Crippen LogP contribution in [0.3, 0.4) is 0 Å². The van der Waals surface area contributed by atoms with E-state index in [-0.39, 0.29) is 23.2 Å². The lowest BCUT2D eigenvalue weighted by Crippen LogP contribution is -2.40. The van der Waals surface area contributed by atoms with Crippen molar-refractivity contribution in [2.45, 2.75) is 13.3 Å². The second-order valence-corrected chi connectivity index (χ2v) is 4.86. The monoisotopic (exact) mass is 301 g/mol. The highest BCUT2D eigenvalue weighted by molar-refractivity contribution is 6.32. The van der Waals surface area contributed by atoms with Gasteiger partial charge in [0, 0.05) is 20.6 Å². The lowest BCUT2D eigenvalue weighted by Gasteiger charge is -2.23. The summed E-state index contributed by atoms with van der Waals surface area (Å²) < 4.78 is 13.2. The van der Waals surface area contributed by atoms with Crippen molar-refractivity contribution in [3.63, 3.8) is 0 Å². The predicted molar refractivity (Wildman–Crippen MR) is 74.1 cm³/mol. The van der Waals surface area contributed by atoms with Gasteiger partial charge >= 0.3 is 0 Å². The third kappa shape index (κ3) is 4.16. The SMILES string of the molecule is CCCN(CC(=O)N(C)C)C(=O)c1cc(F)cnc1Cl. The minimum atomic E-state index is -0.645. The van der Waals surface area contributed by atoms with E-state index in [9.17, 15) is 14.0 Å². The molecule has 0 unspecified atom stereocenters. The van der Waals surface area contributed by atoms with Crippen LogP contribution in [0.15, 0.2) is 12.3 Å². The Morgan fingerprint density at radius 2 is 2.05 bits per heavy atom. The largest absolute Gasteiger partial charge is 0.347 e. The summed E-state index contributed by atoms with van der Waals surface area (Å²) in [5, 5.41) is -0.0743. The highest BCUT2D eigenvalue weighted by Gasteiger charge is 2.22. The molecule has 1 aromatic heterocycles. The second kappa shape index (κ2) is 7.19. The molecule has 0 spiro atoms. The number of hydrogen-bond donors (Lipinski definition) is 0. The van der Waals surface area contributed by atoms with Gasteiger partial charge in [-0.15, -0.1) is 0 Å². The first-order chi connectivity index (χ1) is 9.36. The van der Waals surface area contributed by atoms with Gasteiger partial charge in [0.15, 0.2) is 0 Å². The van der Waals surface area contributed by atoms with Gasteiger partial charge in [-0.05, 0) is 12.5 Å². The smallest absolute Gasteiger partial charge is 0.257 e. The van der Waals surface area contributed by atoms with E-state index in [0.717, 1.165) is 12.3 Å². The van der Waals surface area contributed by atoms with Crippen LogP contribution in [0, 0.1) is 5.82 Å². The Morgan fingerprint density at radius 1 is 1.40 bits per heavy atom. The van der Waals surface area contributed by atoms with E-state index < -0.39 is 11.7 Å². The quantitative estimate of drug-likeness (QED) is 0.780. The molecule has 0 bridgehead atoms. The average Bonchev–Trinajstić information content (AvgIpc) is 2.40. The van der Waals surface area contributed by atoms with E-state index in [0.29, 0.717) is 13.0 Å². The van der Waals surface area contributed by atoms with E-state index in [4.69, 9.17) is 11.6 Å². The Kier molecular flexibility index (Phi) is 5.88. The van der Waals surface area contributed by atoms with Crippen LogP contribution in [0.4, 0.5) is 4.39 Å². The molecule has 0 aromatic carbocycles. The van der Waals surface area contributed by atoms with Crippen LogP contribution in [0.1, 0.15) is 23.7 Å². The van der Waals surface area contributed by atoms with Crippen molar-refractivity contribution in [1.82, 2.24) is 14.8 Å². The maximum atomic E-state index is 13.2. The molecule has 0 aliphatic rings. The first-order valence-electron chi connectivity index (χ1n) is 6.17. The number of carbonyl (C=O) groups is 2. The molecule has 0 aliphatic carbocycles. The maximum Gasteiger partial charge on any atom is 0.257 e. The van der Waals surface area contributed by atoms with E-state index in [1.165, 1.54) is 9.80 Å². The molecule has 2 amide bonds. The molecule has 110 valence electrons. The highest BCUT2D eigenvalue weighted by Crippen LogP contribution is 2.16. The zero-order valence-corrected chi connectivity index (χ0v) is 12.4. The van der Waals surface area contributed by atoms with Crippen LogP contribution in [-0.2, 0) is 4.79 Å². The highest BCUT2D eigenvalue weighted by atomic mass is 35.5. The van der Waals surface area contributed by atoms with Crippen molar-refractivity contribution in [2.75, 3.05) is 27.2 Å². The Bertz CT molecular complexity index is 508. The van der Waals surface area contributed by atoms with Gasteiger partial charge in [0.05, 0.1) is 11.8 Å². The van der Waals surface area contributed by atoms with Crippen LogP contribution in [0.25, 0.3) is 0 Å². The normalized spacial score (nSPS) is 10.2. The minimum absolute atomic E-state index is 0.0355. The molecular weight excluding hydrogens is 285 g/mol. The van der Waals surface area contributed by atoms with Gasteiger partial charge in [0.1, 0.15) is 17.5 Å². The lowest BCUT2D eigenvalue weighted by molar-refractivity contribution is -0.129. The van der Waals surface area contributed by atoms with Gasteiger partial charge in [-0.2, -0.15) is 0 Å². The molecule has 0 aliphatic heterocycles. The van der Waals surface area contributed by atoms with E-state index in [1.54, 1.807) is 14.1 Å². The summed E-state index contributed by atoms with van der Waals surface area (Å²) in [7, 11) is 3.21. The van der Waals surface area contributed by atoms with Crippen molar-refractivity contribution < 1.29 is 14.0 Å². The maximum absolute atomic E-state index is 13.2. The third-order valence-corrected chi connectivity index (χ3v) is 2.94. The molecule has 0 saturated heterocycles. The van der Waals surface area contributed by atoms with Crippen LogP contribution in [-0.4, -0.2) is 53.8 Å². The number of likely N-dealkylation sites (N-methyl/N-ethyl adjacent to an activating group) is 1. The van der Waals surface area contributed by atoms with Crippen molar-refractivity contribution in [2.24, 2.45) is 0 Å². The van der Waals surface area contributed by atoms with E-state index in [1.807, 2.05) is 6.92 Å². The van der Waals surface area contributed by atoms with Gasteiger partial charge in [0.25, 0.3) is 5.91 Å². The fraction of sp³-hybridized carbons (Fsp3) is 0.462. The zero-order valence-electron chi connectivity index (χ0n) is 11.7. The fourth-order valence-corrected chi connectivity index (χ4v) is 1.75. The summed E-state index contributed by atoms with van der Waals surface area (Å²) in [5.74, 6) is -1.36. The summed E-state index contributed by atoms with van der Waals surface area (Å²) >= 11 is 5.81. The Morgan fingerprint density at radius 3 is 2.60 bits per heavy atom. The van der Waals surface area contributed by atoms with Gasteiger partial charge in [-0.1, -0.05) is 18.5 Å². The first-order valence-corrected chi connectivity index (χ1v) is 6.55. The molecule has 0 saturated carbocycles. The summed E-state index contributed by atoms with van der Waals surface area (Å²) in [5.41, 5.74) is -0.0355. The Balaban J connectivity index is 2.99. The fourth-order valence-electron chi connectivity index (χ4n) is 1.57. The predicted octanol–water partition coefficient (Wildman–Crippen LogP) is 1.81. The van der Waals surface area contributed by atoms with Crippen molar-refractivity contribution in [3.05, 3.63) is 28.8 Å². The van der Waals surface area contributed by atoms with Crippen LogP contribution in [0.5, 0.6) is 0 Å². The number of hydrogen-bond acceptors (Lipinski definition) is 3. The Hall–Kier alpha value is -1.69. The third-order valence-electron chi connectivity index (χ3n) is 2.64. The first kappa shape index (κ1) is 16.4. The molecule has 5 nitrogen and oxygen atoms in total. The van der Waals surface area contributed by atoms with Gasteiger partial charge < -0.3 is 9.80 Å². The number of aromatic nitrogens is 1. The minimum Gasteiger partial charge on any atom is -0.347 e. The van der Waals surface area contributed by atoms with E-state index in [2.05, 4.69) is 4.98 Å². The van der Waals surface area contributed by atoms with E-state index >= 15 is 0 Å². The summed E-state index contributed by atoms with van der Waals surface area (Å²) in [6.45, 7) is 2.18. The van der Waals surface area contributed by atoms with Crippen LogP contribution in [0.2, 0.25) is 5.15 Å². The molecule has 7 heteroatoms. The standard InChI is InChI=1S/C13H17ClFN3O2/c1-4-5-18(8-11(19)17(2)3)13(20)10-6-9(15)7-16-12(10)14/h6-7H,4-5,8H2,1-3H3. The Labute approximate surface area is 122 Å². The summed E-state index contributed by atoms with van der Waals surface area (Å²) in [6.07, 6.45) is 1.61. The zero-order chi connectivity index (χ0) is 15.3. The molecule has 0 atom stereocenters. The lowest BCUT2D eigenvalue weighted by atomic mass is 10.2. The number of pyridine rings is 1. The van der Waals surface area contributed by atoms with Crippen LogP contribution >= 0.6 is 11.6 Å². The summed E-state index contributed by atoms with van der Waals surface area (Å²) in [6, 6.07) is 1.03. The van der Waals surface area contributed by atoms with Gasteiger partial charge in [0.2, 0.25) is 5.91 Å². The van der Waals surface area contributed by atoms with Crippen molar-refractivity contribution in [3.8, 4) is 0 Å². The number of carbonyl (C=O) groups excluding carboxylic acids is 2. The molecule has 0 radical (unpaired) electrons. The molecular formula is C13H17ClFN3O2. The van der Waals surface area contributed by atoms with Gasteiger partial charge in [-0.3, -0.25) is 9.59 Å². The average molecular weight is 302 g/mol. The second-order valence-electron chi connectivity index (χ2n) is 4.51. The molecule has 20 heavy (non-hydrogen) atoms. The number of nitrogens with zero attached hydrogens (tertiary/aromatic N) is 3. The van der Waals surface area contributed by atoms with Crippen molar-refractivity contribution >= 4 is 23.4 Å².